The molecule has 0 fully saturated rings. The summed E-state index contributed by atoms with van der Waals surface area (Å²) in [5.74, 6) is 0.763. The van der Waals surface area contributed by atoms with Gasteiger partial charge in [-0.15, -0.1) is 0 Å². The molecule has 0 radical (unpaired) electrons. The number of benzene rings is 2. The van der Waals surface area contributed by atoms with Gasteiger partial charge in [-0.1, -0.05) is 18.2 Å². The summed E-state index contributed by atoms with van der Waals surface area (Å²) in [6, 6.07) is 13.7. The Kier molecular flexibility index (Phi) is 6.14. The van der Waals surface area contributed by atoms with Gasteiger partial charge in [0, 0.05) is 24.0 Å². The Morgan fingerprint density at radius 2 is 1.79 bits per heavy atom. The first-order chi connectivity index (χ1) is 13.5. The van der Waals surface area contributed by atoms with Crippen molar-refractivity contribution >= 4 is 16.8 Å². The highest BCUT2D eigenvalue weighted by molar-refractivity contribution is 5.81. The number of amides is 1. The van der Waals surface area contributed by atoms with Crippen molar-refractivity contribution in [2.24, 2.45) is 0 Å². The summed E-state index contributed by atoms with van der Waals surface area (Å²) in [6.45, 7) is 4.61. The first-order valence-electron chi connectivity index (χ1n) is 9.49. The number of nitrogens with one attached hydrogen (secondary N) is 2. The second-order valence-electron chi connectivity index (χ2n) is 7.06. The standard InChI is InChI=1S/C23H26N2O3/c1-15-12-19-14-18(23(27)25-20(19)13-16(15)2)8-9-22(26)24-11-10-17-6-4-5-7-21(17)28-3/h4-7,12-14H,8-11H2,1-3H3,(H,24,26)(H,25,27). The monoisotopic (exact) mass is 378 g/mol. The zero-order valence-electron chi connectivity index (χ0n) is 16.6. The van der Waals surface area contributed by atoms with Gasteiger partial charge in [-0.2, -0.15) is 0 Å². The summed E-state index contributed by atoms with van der Waals surface area (Å²) in [5.41, 5.74) is 4.72. The van der Waals surface area contributed by atoms with Crippen LogP contribution >= 0.6 is 0 Å². The molecule has 3 aromatic rings. The molecule has 5 heteroatoms. The Balaban J connectivity index is 1.57. The average Bonchev–Trinajstić information content (AvgIpc) is 2.68. The van der Waals surface area contributed by atoms with Crippen molar-refractivity contribution < 1.29 is 9.53 Å². The number of aryl methyl sites for hydroxylation is 3. The van der Waals surface area contributed by atoms with Crippen molar-refractivity contribution in [2.75, 3.05) is 13.7 Å². The predicted octanol–water partition coefficient (Wildman–Crippen LogP) is 3.45. The number of hydrogen-bond donors (Lipinski definition) is 2. The molecule has 0 bridgehead atoms. The third-order valence-electron chi connectivity index (χ3n) is 5.07. The molecule has 146 valence electrons. The number of rotatable bonds is 7. The van der Waals surface area contributed by atoms with E-state index in [1.54, 1.807) is 7.11 Å². The van der Waals surface area contributed by atoms with E-state index in [4.69, 9.17) is 4.74 Å². The Morgan fingerprint density at radius 3 is 2.57 bits per heavy atom. The van der Waals surface area contributed by atoms with E-state index in [-0.39, 0.29) is 17.9 Å². The van der Waals surface area contributed by atoms with Crippen molar-refractivity contribution in [3.8, 4) is 5.75 Å². The number of fused-ring (bicyclic) bond motifs is 1. The fourth-order valence-corrected chi connectivity index (χ4v) is 3.29. The largest absolute Gasteiger partial charge is 0.496 e. The van der Waals surface area contributed by atoms with E-state index in [2.05, 4.69) is 23.3 Å². The average molecular weight is 378 g/mol. The topological polar surface area (TPSA) is 71.2 Å². The zero-order valence-corrected chi connectivity index (χ0v) is 16.6. The molecular formula is C23H26N2O3. The number of aromatic nitrogens is 1. The fraction of sp³-hybridized carbons (Fsp3) is 0.304. The SMILES string of the molecule is COc1ccccc1CCNC(=O)CCc1cc2cc(C)c(C)cc2[nH]c1=O. The van der Waals surface area contributed by atoms with Gasteiger partial charge in [-0.05, 0) is 73.0 Å². The summed E-state index contributed by atoms with van der Waals surface area (Å²) in [5, 5.41) is 3.91. The van der Waals surface area contributed by atoms with E-state index in [9.17, 15) is 9.59 Å². The minimum absolute atomic E-state index is 0.0607. The highest BCUT2D eigenvalue weighted by atomic mass is 16.5. The van der Waals surface area contributed by atoms with Crippen LogP contribution in [-0.4, -0.2) is 24.5 Å². The molecular weight excluding hydrogens is 352 g/mol. The molecule has 2 aromatic carbocycles. The van der Waals surface area contributed by atoms with Gasteiger partial charge in [0.25, 0.3) is 5.56 Å². The lowest BCUT2D eigenvalue weighted by Crippen LogP contribution is -2.26. The molecule has 5 nitrogen and oxygen atoms in total. The molecule has 0 spiro atoms. The normalized spacial score (nSPS) is 10.8. The molecule has 0 saturated heterocycles. The predicted molar refractivity (Wildman–Crippen MR) is 112 cm³/mol. The van der Waals surface area contributed by atoms with Crippen molar-refractivity contribution in [1.82, 2.24) is 10.3 Å². The molecule has 0 unspecified atom stereocenters. The Labute approximate surface area is 164 Å². The van der Waals surface area contributed by atoms with Crippen molar-refractivity contribution in [3.63, 3.8) is 0 Å². The lowest BCUT2D eigenvalue weighted by Gasteiger charge is -2.09. The molecule has 28 heavy (non-hydrogen) atoms. The number of hydrogen-bond acceptors (Lipinski definition) is 3. The maximum atomic E-state index is 12.3. The van der Waals surface area contributed by atoms with Crippen molar-refractivity contribution in [2.45, 2.75) is 33.1 Å². The zero-order chi connectivity index (χ0) is 20.1. The Bertz CT molecular complexity index is 1050. The van der Waals surface area contributed by atoms with Crippen LogP contribution in [0.3, 0.4) is 0 Å². The molecule has 1 heterocycles. The number of pyridine rings is 1. The lowest BCUT2D eigenvalue weighted by molar-refractivity contribution is -0.121. The van der Waals surface area contributed by atoms with Gasteiger partial charge in [-0.25, -0.2) is 0 Å². The summed E-state index contributed by atoms with van der Waals surface area (Å²) in [7, 11) is 1.64. The van der Waals surface area contributed by atoms with Crippen LogP contribution in [0, 0.1) is 13.8 Å². The van der Waals surface area contributed by atoms with Crippen LogP contribution in [0.1, 0.15) is 28.7 Å². The smallest absolute Gasteiger partial charge is 0.251 e. The number of aromatic amines is 1. The van der Waals surface area contributed by atoms with Crippen LogP contribution in [0.25, 0.3) is 10.9 Å². The molecule has 1 amide bonds. The maximum absolute atomic E-state index is 12.3. The number of carbonyl (C=O) groups excluding carboxylic acids is 1. The summed E-state index contributed by atoms with van der Waals surface area (Å²) in [6.07, 6.45) is 1.40. The number of methoxy groups -OCH3 is 1. The van der Waals surface area contributed by atoms with Crippen LogP contribution < -0.4 is 15.6 Å². The molecule has 0 aliphatic rings. The fourth-order valence-electron chi connectivity index (χ4n) is 3.29. The summed E-state index contributed by atoms with van der Waals surface area (Å²) in [4.78, 5) is 27.4. The summed E-state index contributed by atoms with van der Waals surface area (Å²) < 4.78 is 5.32. The molecule has 2 N–H and O–H groups in total. The van der Waals surface area contributed by atoms with Crippen LogP contribution in [0.2, 0.25) is 0 Å². The van der Waals surface area contributed by atoms with E-state index in [0.29, 0.717) is 24.9 Å². The molecule has 0 saturated carbocycles. The lowest BCUT2D eigenvalue weighted by atomic mass is 10.0. The van der Waals surface area contributed by atoms with Crippen LogP contribution in [0.5, 0.6) is 5.75 Å². The number of carbonyl (C=O) groups is 1. The van der Waals surface area contributed by atoms with Crippen LogP contribution in [-0.2, 0) is 17.6 Å². The first-order valence-corrected chi connectivity index (χ1v) is 9.49. The molecule has 1 aromatic heterocycles. The van der Waals surface area contributed by atoms with Crippen molar-refractivity contribution in [3.05, 3.63) is 75.1 Å². The Morgan fingerprint density at radius 1 is 1.04 bits per heavy atom. The second-order valence-corrected chi connectivity index (χ2v) is 7.06. The second kappa shape index (κ2) is 8.74. The number of para-hydroxylation sites is 1. The van der Waals surface area contributed by atoms with Gasteiger partial charge in [0.15, 0.2) is 0 Å². The number of H-pyrrole nitrogens is 1. The van der Waals surface area contributed by atoms with Crippen LogP contribution in [0.15, 0.2) is 47.3 Å². The maximum Gasteiger partial charge on any atom is 0.251 e. The summed E-state index contributed by atoms with van der Waals surface area (Å²) >= 11 is 0. The van der Waals surface area contributed by atoms with Crippen molar-refractivity contribution in [1.29, 1.82) is 0 Å². The van der Waals surface area contributed by atoms with Gasteiger partial charge in [-0.3, -0.25) is 9.59 Å². The van der Waals surface area contributed by atoms with Gasteiger partial charge in [0.1, 0.15) is 5.75 Å². The van der Waals surface area contributed by atoms with Gasteiger partial charge < -0.3 is 15.0 Å². The minimum Gasteiger partial charge on any atom is -0.496 e. The minimum atomic E-state index is -0.127. The third-order valence-corrected chi connectivity index (χ3v) is 5.07. The third kappa shape index (κ3) is 4.60. The highest BCUT2D eigenvalue weighted by Gasteiger charge is 2.08. The quantitative estimate of drug-likeness (QED) is 0.662. The first kappa shape index (κ1) is 19.7. The van der Waals surface area contributed by atoms with E-state index >= 15 is 0 Å². The molecule has 0 aliphatic carbocycles. The van der Waals surface area contributed by atoms with Gasteiger partial charge in [0.05, 0.1) is 7.11 Å². The highest BCUT2D eigenvalue weighted by Crippen LogP contribution is 2.18. The van der Waals surface area contributed by atoms with E-state index in [0.717, 1.165) is 27.8 Å². The van der Waals surface area contributed by atoms with Crippen LogP contribution in [0.4, 0.5) is 0 Å². The molecule has 3 rings (SSSR count). The van der Waals surface area contributed by atoms with E-state index < -0.39 is 0 Å². The number of ether oxygens (including phenoxy) is 1. The van der Waals surface area contributed by atoms with E-state index in [1.807, 2.05) is 43.3 Å². The molecule has 0 atom stereocenters. The van der Waals surface area contributed by atoms with Gasteiger partial charge in [0.2, 0.25) is 5.91 Å². The van der Waals surface area contributed by atoms with E-state index in [1.165, 1.54) is 5.56 Å². The van der Waals surface area contributed by atoms with Gasteiger partial charge >= 0.3 is 0 Å². The molecule has 0 aliphatic heterocycles. The Hall–Kier alpha value is -3.08.